The molecule has 0 spiro atoms. The zero-order chi connectivity index (χ0) is 29.3. The van der Waals surface area contributed by atoms with Crippen LogP contribution < -0.4 is 9.13 Å². The molecule has 4 atom stereocenters. The molecule has 216 valence electrons. The Hall–Kier alpha value is -3.78. The molecule has 2 bridgehead atoms. The highest BCUT2D eigenvalue weighted by Crippen LogP contribution is 2.61. The van der Waals surface area contributed by atoms with Gasteiger partial charge in [-0.05, 0) is 91.3 Å². The Labute approximate surface area is 257 Å². The normalized spacial score (nSPS) is 25.0. The van der Waals surface area contributed by atoms with Gasteiger partial charge in [0.1, 0.15) is 7.05 Å². The lowest BCUT2D eigenvalue weighted by molar-refractivity contribution is -0.744. The van der Waals surface area contributed by atoms with Gasteiger partial charge in [-0.3, -0.25) is 0 Å². The predicted molar refractivity (Wildman–Crippen MR) is 176 cm³/mol. The van der Waals surface area contributed by atoms with Gasteiger partial charge in [-0.15, -0.1) is 0 Å². The van der Waals surface area contributed by atoms with Crippen molar-refractivity contribution in [2.24, 2.45) is 7.05 Å². The summed E-state index contributed by atoms with van der Waals surface area (Å²) >= 11 is 0. The van der Waals surface area contributed by atoms with E-state index in [9.17, 15) is 0 Å². The monoisotopic (exact) mass is 564 g/mol. The van der Waals surface area contributed by atoms with Crippen molar-refractivity contribution < 1.29 is 9.13 Å². The molecular weight excluding hydrogens is 520 g/mol. The van der Waals surface area contributed by atoms with Gasteiger partial charge in [0, 0.05) is 42.7 Å². The third-order valence-corrected chi connectivity index (χ3v) is 12.1. The number of aromatic nitrogens is 2. The fourth-order valence-corrected chi connectivity index (χ4v) is 9.95. The smallest absolute Gasteiger partial charge is 0.201 e. The van der Waals surface area contributed by atoms with E-state index in [0.717, 1.165) is 31.6 Å². The number of pyridine rings is 2. The summed E-state index contributed by atoms with van der Waals surface area (Å²) in [6, 6.07) is 34.6. The SMILES string of the molecule is CCC1(CCc2ccccc2-c2cccc[n+]2C)c2ccccc2-c2c3c(c4ccccc4[n+]2C1(C)CC)C1CCC3C1. The van der Waals surface area contributed by atoms with Crippen molar-refractivity contribution in [2.75, 3.05) is 0 Å². The first-order valence-corrected chi connectivity index (χ1v) is 16.7. The van der Waals surface area contributed by atoms with E-state index in [1.54, 1.807) is 22.4 Å². The highest BCUT2D eigenvalue weighted by molar-refractivity contribution is 5.87. The lowest BCUT2D eigenvalue weighted by atomic mass is 9.56. The molecule has 43 heavy (non-hydrogen) atoms. The lowest BCUT2D eigenvalue weighted by Gasteiger charge is -2.49. The number of benzene rings is 3. The molecule has 3 aliphatic rings. The van der Waals surface area contributed by atoms with Crippen molar-refractivity contribution in [3.05, 3.63) is 119 Å². The van der Waals surface area contributed by atoms with E-state index in [-0.39, 0.29) is 11.0 Å². The quantitative estimate of drug-likeness (QED) is 0.182. The van der Waals surface area contributed by atoms with Crippen LogP contribution in [0.25, 0.3) is 33.4 Å². The number of hydrogen-bond acceptors (Lipinski definition) is 0. The summed E-state index contributed by atoms with van der Waals surface area (Å²) in [5, 5.41) is 1.51. The second-order valence-electron chi connectivity index (χ2n) is 13.7. The summed E-state index contributed by atoms with van der Waals surface area (Å²) < 4.78 is 5.13. The van der Waals surface area contributed by atoms with Crippen LogP contribution in [0, 0.1) is 0 Å². The Morgan fingerprint density at radius 1 is 0.744 bits per heavy atom. The largest absolute Gasteiger partial charge is 0.217 e. The minimum absolute atomic E-state index is 0.00335. The van der Waals surface area contributed by atoms with Gasteiger partial charge in [0.15, 0.2) is 11.7 Å². The van der Waals surface area contributed by atoms with Crippen molar-refractivity contribution in [3.63, 3.8) is 0 Å². The standard InChI is InChI=1S/C41H44N2/c1-5-40(3)41(6-2,25-24-28-15-7-8-16-31(28)35-20-13-14-26-42(35)4)34-19-11-9-17-32(34)39-38-30-23-22-29(27-30)37(38)33-18-10-12-21-36(33)43(39)40/h7-21,26,29-30H,5-6,22-25,27H2,1-4H3/q+2. The Morgan fingerprint density at radius 2 is 1.44 bits per heavy atom. The van der Waals surface area contributed by atoms with E-state index >= 15 is 0 Å². The van der Waals surface area contributed by atoms with Gasteiger partial charge in [-0.1, -0.05) is 62.4 Å². The molecule has 2 aliphatic carbocycles. The van der Waals surface area contributed by atoms with Gasteiger partial charge in [0.2, 0.25) is 16.9 Å². The van der Waals surface area contributed by atoms with Gasteiger partial charge in [0.05, 0.1) is 16.4 Å². The highest BCUT2D eigenvalue weighted by atomic mass is 15.1. The molecule has 1 fully saturated rings. The minimum atomic E-state index is -0.0612. The van der Waals surface area contributed by atoms with E-state index < -0.39 is 0 Å². The molecule has 5 aromatic rings. The molecule has 0 N–H and O–H groups in total. The number of nitrogens with zero attached hydrogens (tertiary/aromatic N) is 2. The van der Waals surface area contributed by atoms with Crippen molar-refractivity contribution in [2.45, 2.75) is 88.5 Å². The second kappa shape index (κ2) is 9.88. The molecule has 0 radical (unpaired) electrons. The fraction of sp³-hybridized carbons (Fsp3) is 0.366. The minimum Gasteiger partial charge on any atom is -0.201 e. The van der Waals surface area contributed by atoms with Crippen molar-refractivity contribution in [3.8, 4) is 22.5 Å². The summed E-state index contributed by atoms with van der Waals surface area (Å²) in [4.78, 5) is 0. The summed E-state index contributed by atoms with van der Waals surface area (Å²) in [6.45, 7) is 7.50. The van der Waals surface area contributed by atoms with E-state index in [2.05, 4.69) is 134 Å². The molecule has 8 rings (SSSR count). The first kappa shape index (κ1) is 26.8. The van der Waals surface area contributed by atoms with E-state index in [1.165, 1.54) is 52.5 Å². The second-order valence-corrected chi connectivity index (χ2v) is 13.7. The maximum atomic E-state index is 2.87. The first-order valence-electron chi connectivity index (χ1n) is 16.7. The van der Waals surface area contributed by atoms with E-state index in [0.29, 0.717) is 5.92 Å². The molecule has 3 aromatic carbocycles. The van der Waals surface area contributed by atoms with Crippen LogP contribution in [0.5, 0.6) is 0 Å². The Bertz CT molecular complexity index is 1890. The summed E-state index contributed by atoms with van der Waals surface area (Å²) in [6.07, 6.45) is 10.6. The van der Waals surface area contributed by atoms with E-state index in [1.807, 2.05) is 0 Å². The van der Waals surface area contributed by atoms with Gasteiger partial charge in [-0.25, -0.2) is 4.57 Å². The summed E-state index contributed by atoms with van der Waals surface area (Å²) in [5.74, 6) is 1.43. The molecule has 4 unspecified atom stereocenters. The van der Waals surface area contributed by atoms with E-state index in [4.69, 9.17) is 0 Å². The number of fused-ring (bicyclic) bond motifs is 12. The maximum absolute atomic E-state index is 2.87. The van der Waals surface area contributed by atoms with Crippen molar-refractivity contribution in [1.29, 1.82) is 0 Å². The van der Waals surface area contributed by atoms with Crippen LogP contribution in [0.15, 0.2) is 97.2 Å². The van der Waals surface area contributed by atoms with Gasteiger partial charge in [-0.2, -0.15) is 4.57 Å². The molecule has 0 saturated heterocycles. The summed E-state index contributed by atoms with van der Waals surface area (Å²) in [5.41, 5.74) is 13.4. The third-order valence-electron chi connectivity index (χ3n) is 12.1. The molecule has 1 saturated carbocycles. The predicted octanol–water partition coefficient (Wildman–Crippen LogP) is 9.07. The van der Waals surface area contributed by atoms with Crippen LogP contribution in [-0.2, 0) is 24.4 Å². The maximum Gasteiger partial charge on any atom is 0.217 e. The average Bonchev–Trinajstić information content (AvgIpc) is 3.68. The molecule has 2 heteroatoms. The number of para-hydroxylation sites is 1. The molecular formula is C41H44N2+2. The molecule has 1 aliphatic heterocycles. The van der Waals surface area contributed by atoms with Crippen LogP contribution in [0.2, 0.25) is 0 Å². The highest BCUT2D eigenvalue weighted by Gasteiger charge is 2.61. The fourth-order valence-electron chi connectivity index (χ4n) is 9.95. The first-order chi connectivity index (χ1) is 21.0. The summed E-state index contributed by atoms with van der Waals surface area (Å²) in [7, 11) is 2.16. The molecule has 3 heterocycles. The number of aryl methyl sites for hydroxylation is 2. The lowest BCUT2D eigenvalue weighted by Crippen LogP contribution is -2.69. The molecule has 2 aromatic heterocycles. The molecule has 0 amide bonds. The Morgan fingerprint density at radius 3 is 2.23 bits per heavy atom. The van der Waals surface area contributed by atoms with Crippen molar-refractivity contribution >= 4 is 10.9 Å². The van der Waals surface area contributed by atoms with Crippen LogP contribution in [0.4, 0.5) is 0 Å². The van der Waals surface area contributed by atoms with Gasteiger partial charge >= 0.3 is 0 Å². The molecule has 2 nitrogen and oxygen atoms in total. The van der Waals surface area contributed by atoms with Crippen LogP contribution in [-0.4, -0.2) is 0 Å². The topological polar surface area (TPSA) is 7.76 Å². The zero-order valence-electron chi connectivity index (χ0n) is 26.2. The van der Waals surface area contributed by atoms with Crippen LogP contribution >= 0.6 is 0 Å². The average molecular weight is 565 g/mol. The zero-order valence-corrected chi connectivity index (χ0v) is 26.2. The number of rotatable bonds is 6. The Kier molecular flexibility index (Phi) is 6.16. The number of hydrogen-bond donors (Lipinski definition) is 0. The van der Waals surface area contributed by atoms with Gasteiger partial charge < -0.3 is 0 Å². The van der Waals surface area contributed by atoms with Gasteiger partial charge in [0.25, 0.3) is 0 Å². The van der Waals surface area contributed by atoms with Crippen LogP contribution in [0.3, 0.4) is 0 Å². The Balaban J connectivity index is 1.36. The third kappa shape index (κ3) is 3.59. The van der Waals surface area contributed by atoms with Crippen molar-refractivity contribution in [1.82, 2.24) is 0 Å². The van der Waals surface area contributed by atoms with Crippen LogP contribution in [0.1, 0.15) is 93.4 Å².